The molecule has 0 aliphatic heterocycles. The molecule has 2 aromatic heterocycles. The van der Waals surface area contributed by atoms with E-state index in [-0.39, 0.29) is 5.56 Å². The Morgan fingerprint density at radius 3 is 2.94 bits per heavy atom. The van der Waals surface area contributed by atoms with E-state index >= 15 is 0 Å². The second-order valence-corrected chi connectivity index (χ2v) is 4.06. The highest BCUT2D eigenvalue weighted by molar-refractivity contribution is 7.99. The van der Waals surface area contributed by atoms with Gasteiger partial charge in [-0.15, -0.1) is 0 Å². The van der Waals surface area contributed by atoms with Crippen LogP contribution in [0.5, 0.6) is 0 Å². The van der Waals surface area contributed by atoms with Gasteiger partial charge in [0.2, 0.25) is 0 Å². The molecular formula is C8H9N5O2S. The van der Waals surface area contributed by atoms with Crippen molar-refractivity contribution in [2.24, 2.45) is 7.05 Å². The van der Waals surface area contributed by atoms with E-state index in [1.165, 1.54) is 22.8 Å². The summed E-state index contributed by atoms with van der Waals surface area (Å²) in [5.41, 5.74) is 0.681. The fourth-order valence-corrected chi connectivity index (χ4v) is 2.23. The molecule has 0 spiro atoms. The van der Waals surface area contributed by atoms with E-state index in [0.717, 1.165) is 0 Å². The molecule has 2 aromatic rings. The van der Waals surface area contributed by atoms with Crippen molar-refractivity contribution in [3.8, 4) is 0 Å². The third-order valence-corrected chi connectivity index (χ3v) is 3.02. The van der Waals surface area contributed by atoms with Crippen molar-refractivity contribution < 1.29 is 9.90 Å². The third kappa shape index (κ3) is 1.78. The van der Waals surface area contributed by atoms with E-state index in [0.29, 0.717) is 15.9 Å². The molecule has 0 saturated heterocycles. The molecule has 0 atom stereocenters. The lowest BCUT2D eigenvalue weighted by Gasteiger charge is -1.99. The maximum absolute atomic E-state index is 11.1. The number of rotatable bonds is 3. The average Bonchev–Trinajstić information content (AvgIpc) is 2.76. The summed E-state index contributed by atoms with van der Waals surface area (Å²) in [6.07, 6.45) is 1.37. The van der Waals surface area contributed by atoms with Crippen molar-refractivity contribution >= 4 is 17.7 Å². The van der Waals surface area contributed by atoms with E-state index < -0.39 is 5.97 Å². The van der Waals surface area contributed by atoms with Gasteiger partial charge in [0.05, 0.1) is 5.69 Å². The van der Waals surface area contributed by atoms with Crippen LogP contribution in [-0.4, -0.2) is 36.0 Å². The van der Waals surface area contributed by atoms with Gasteiger partial charge in [-0.1, -0.05) is 0 Å². The highest BCUT2D eigenvalue weighted by Gasteiger charge is 2.21. The molecular weight excluding hydrogens is 230 g/mol. The summed E-state index contributed by atoms with van der Waals surface area (Å²) in [7, 11) is 1.69. The van der Waals surface area contributed by atoms with Gasteiger partial charge in [0.15, 0.2) is 5.16 Å². The highest BCUT2D eigenvalue weighted by atomic mass is 32.2. The predicted molar refractivity (Wildman–Crippen MR) is 55.4 cm³/mol. The Bertz CT molecular complexity index is 519. The molecule has 0 radical (unpaired) electrons. The summed E-state index contributed by atoms with van der Waals surface area (Å²) in [5.74, 6) is -0.993. The van der Waals surface area contributed by atoms with Crippen LogP contribution in [0.3, 0.4) is 0 Å². The van der Waals surface area contributed by atoms with Crippen LogP contribution in [0.2, 0.25) is 0 Å². The molecule has 0 fully saturated rings. The Morgan fingerprint density at radius 1 is 1.62 bits per heavy atom. The highest BCUT2D eigenvalue weighted by Crippen LogP contribution is 2.28. The van der Waals surface area contributed by atoms with Crippen LogP contribution in [0.1, 0.15) is 16.1 Å². The molecule has 2 heterocycles. The molecule has 16 heavy (non-hydrogen) atoms. The number of aryl methyl sites for hydroxylation is 2. The van der Waals surface area contributed by atoms with Crippen molar-refractivity contribution in [1.29, 1.82) is 0 Å². The van der Waals surface area contributed by atoms with Gasteiger partial charge in [-0.2, -0.15) is 10.2 Å². The number of carbonyl (C=O) groups is 1. The molecule has 84 valence electrons. The average molecular weight is 239 g/mol. The van der Waals surface area contributed by atoms with Crippen LogP contribution < -0.4 is 0 Å². The molecule has 0 saturated carbocycles. The van der Waals surface area contributed by atoms with Gasteiger partial charge >= 0.3 is 5.97 Å². The van der Waals surface area contributed by atoms with Crippen molar-refractivity contribution in [2.75, 3.05) is 0 Å². The van der Waals surface area contributed by atoms with Crippen LogP contribution in [0.15, 0.2) is 16.5 Å². The number of aromatic carboxylic acids is 1. The lowest BCUT2D eigenvalue weighted by molar-refractivity contribution is 0.0692. The Morgan fingerprint density at radius 2 is 2.38 bits per heavy atom. The quantitative estimate of drug-likeness (QED) is 0.818. The van der Waals surface area contributed by atoms with Crippen LogP contribution >= 0.6 is 11.8 Å². The van der Waals surface area contributed by atoms with Gasteiger partial charge in [-0.25, -0.2) is 9.78 Å². The lowest BCUT2D eigenvalue weighted by Crippen LogP contribution is -2.00. The van der Waals surface area contributed by atoms with Crippen LogP contribution in [-0.2, 0) is 7.05 Å². The first-order chi connectivity index (χ1) is 7.59. The Hall–Kier alpha value is -1.83. The van der Waals surface area contributed by atoms with Crippen LogP contribution in [0.4, 0.5) is 0 Å². The first-order valence-electron chi connectivity index (χ1n) is 4.39. The first-order valence-corrected chi connectivity index (χ1v) is 5.21. The zero-order valence-corrected chi connectivity index (χ0v) is 9.45. The number of aromatic nitrogens is 5. The molecule has 0 aliphatic carbocycles. The van der Waals surface area contributed by atoms with Crippen molar-refractivity contribution in [3.05, 3.63) is 17.6 Å². The van der Waals surface area contributed by atoms with E-state index in [1.54, 1.807) is 14.0 Å². The fraction of sp³-hybridized carbons (Fsp3) is 0.250. The maximum atomic E-state index is 11.1. The van der Waals surface area contributed by atoms with Gasteiger partial charge in [-0.05, 0) is 18.7 Å². The predicted octanol–water partition coefficient (Wildman–Crippen LogP) is 0.696. The summed E-state index contributed by atoms with van der Waals surface area (Å²) in [5, 5.41) is 20.6. The summed E-state index contributed by atoms with van der Waals surface area (Å²) in [6, 6.07) is 0. The monoisotopic (exact) mass is 239 g/mol. The number of aromatic amines is 1. The number of carboxylic acid groups (broad SMARTS) is 1. The minimum atomic E-state index is -0.993. The number of nitrogens with zero attached hydrogens (tertiary/aromatic N) is 4. The van der Waals surface area contributed by atoms with Gasteiger partial charge < -0.3 is 5.11 Å². The van der Waals surface area contributed by atoms with E-state index in [2.05, 4.69) is 20.3 Å². The van der Waals surface area contributed by atoms with Gasteiger partial charge in [0.1, 0.15) is 16.9 Å². The Kier molecular flexibility index (Phi) is 2.65. The van der Waals surface area contributed by atoms with Crippen molar-refractivity contribution in [3.63, 3.8) is 0 Å². The fourth-order valence-electron chi connectivity index (χ4n) is 1.34. The third-order valence-electron chi connectivity index (χ3n) is 1.97. The Labute approximate surface area is 94.9 Å². The molecule has 2 rings (SSSR count). The summed E-state index contributed by atoms with van der Waals surface area (Å²) in [6.45, 7) is 1.66. The number of hydrogen-bond acceptors (Lipinski definition) is 5. The lowest BCUT2D eigenvalue weighted by atomic mass is 10.3. The van der Waals surface area contributed by atoms with E-state index in [4.69, 9.17) is 5.11 Å². The molecule has 0 aromatic carbocycles. The number of H-pyrrole nitrogens is 1. The molecule has 0 aliphatic rings. The standard InChI is InChI=1S/C8H9N5O2S/c1-4-5(7(14)15)6(13(2)12-4)16-8-9-3-10-11-8/h3H,1-2H3,(H,14,15)(H,9,10,11). The van der Waals surface area contributed by atoms with E-state index in [1.807, 2.05) is 0 Å². The molecule has 7 nitrogen and oxygen atoms in total. The number of hydrogen-bond donors (Lipinski definition) is 2. The maximum Gasteiger partial charge on any atom is 0.340 e. The zero-order valence-electron chi connectivity index (χ0n) is 8.63. The van der Waals surface area contributed by atoms with Gasteiger partial charge in [-0.3, -0.25) is 9.78 Å². The van der Waals surface area contributed by atoms with Crippen LogP contribution in [0.25, 0.3) is 0 Å². The second-order valence-electron chi connectivity index (χ2n) is 3.09. The topological polar surface area (TPSA) is 96.7 Å². The molecule has 0 unspecified atom stereocenters. The molecule has 2 N–H and O–H groups in total. The molecule has 0 amide bonds. The van der Waals surface area contributed by atoms with E-state index in [9.17, 15) is 4.79 Å². The second kappa shape index (κ2) is 3.97. The molecule has 0 bridgehead atoms. The van der Waals surface area contributed by atoms with Crippen molar-refractivity contribution in [2.45, 2.75) is 17.1 Å². The number of nitrogens with one attached hydrogen (secondary N) is 1. The summed E-state index contributed by atoms with van der Waals surface area (Å²) >= 11 is 1.19. The SMILES string of the molecule is Cc1nn(C)c(Sc2ncn[nH]2)c1C(=O)O. The normalized spacial score (nSPS) is 10.6. The first kappa shape index (κ1) is 10.7. The largest absolute Gasteiger partial charge is 0.478 e. The molecule has 8 heteroatoms. The minimum Gasteiger partial charge on any atom is -0.478 e. The number of carboxylic acids is 1. The smallest absolute Gasteiger partial charge is 0.340 e. The minimum absolute atomic E-state index is 0.198. The van der Waals surface area contributed by atoms with Crippen molar-refractivity contribution in [1.82, 2.24) is 25.0 Å². The van der Waals surface area contributed by atoms with Crippen LogP contribution in [0, 0.1) is 6.92 Å². The Balaban J connectivity index is 2.43. The van der Waals surface area contributed by atoms with Gasteiger partial charge in [0, 0.05) is 7.05 Å². The zero-order chi connectivity index (χ0) is 11.7. The summed E-state index contributed by atoms with van der Waals surface area (Å²) < 4.78 is 1.52. The summed E-state index contributed by atoms with van der Waals surface area (Å²) in [4.78, 5) is 15.0. The van der Waals surface area contributed by atoms with Gasteiger partial charge in [0.25, 0.3) is 0 Å².